The zero-order chi connectivity index (χ0) is 18.4. The number of benzene rings is 2. The van der Waals surface area contributed by atoms with Crippen LogP contribution in [0.3, 0.4) is 0 Å². The van der Waals surface area contributed by atoms with Crippen LogP contribution < -0.4 is 10.9 Å². The van der Waals surface area contributed by atoms with E-state index in [1.807, 2.05) is 10.9 Å². The molecule has 0 aliphatic carbocycles. The molecule has 0 heterocycles. The maximum atomic E-state index is 13.4. The Labute approximate surface area is 146 Å². The number of amides is 2. The second kappa shape index (κ2) is 8.11. The number of hydrazine groups is 1. The number of rotatable bonds is 4. The van der Waals surface area contributed by atoms with Crippen molar-refractivity contribution in [2.75, 3.05) is 6.61 Å². The van der Waals surface area contributed by atoms with Crippen LogP contribution in [0.1, 0.15) is 20.7 Å². The minimum atomic E-state index is -0.954. The second-order valence-corrected chi connectivity index (χ2v) is 5.16. The molecule has 0 spiro atoms. The standard InChI is InChI=1S/C16H12ClFN2O5/c17-9-5-6-11(13(21)7-9)16(24)25-8-14(22)19-20-15(23)10-3-1-2-4-12(10)18/h1-7,21H,8H2,(H,19,22)(H,20,23). The van der Waals surface area contributed by atoms with E-state index in [0.717, 1.165) is 12.1 Å². The molecule has 0 unspecified atom stereocenters. The fourth-order valence-corrected chi connectivity index (χ4v) is 1.93. The van der Waals surface area contributed by atoms with Crippen molar-refractivity contribution in [3.63, 3.8) is 0 Å². The fourth-order valence-electron chi connectivity index (χ4n) is 1.76. The number of aromatic hydroxyl groups is 1. The summed E-state index contributed by atoms with van der Waals surface area (Å²) in [6.07, 6.45) is 0. The van der Waals surface area contributed by atoms with Gasteiger partial charge in [-0.05, 0) is 30.3 Å². The molecule has 130 valence electrons. The quantitative estimate of drug-likeness (QED) is 0.565. The molecule has 9 heteroatoms. The molecule has 0 aliphatic heterocycles. The first-order valence-corrected chi connectivity index (χ1v) is 7.25. The number of esters is 1. The van der Waals surface area contributed by atoms with Gasteiger partial charge in [0.25, 0.3) is 11.8 Å². The maximum absolute atomic E-state index is 13.4. The lowest BCUT2D eigenvalue weighted by molar-refractivity contribution is -0.125. The minimum absolute atomic E-state index is 0.174. The Morgan fingerprint density at radius 1 is 1.08 bits per heavy atom. The van der Waals surface area contributed by atoms with Crippen LogP contribution in [-0.2, 0) is 9.53 Å². The molecule has 2 amide bonds. The zero-order valence-electron chi connectivity index (χ0n) is 12.6. The molecule has 0 atom stereocenters. The molecule has 2 aromatic carbocycles. The Hall–Kier alpha value is -3.13. The summed E-state index contributed by atoms with van der Waals surface area (Å²) in [7, 11) is 0. The lowest BCUT2D eigenvalue weighted by atomic mass is 10.2. The largest absolute Gasteiger partial charge is 0.507 e. The van der Waals surface area contributed by atoms with Crippen LogP contribution in [0.25, 0.3) is 0 Å². The molecule has 0 bridgehead atoms. The average molecular weight is 367 g/mol. The predicted molar refractivity (Wildman–Crippen MR) is 85.4 cm³/mol. The topological polar surface area (TPSA) is 105 Å². The summed E-state index contributed by atoms with van der Waals surface area (Å²) in [4.78, 5) is 35.0. The molecule has 0 saturated heterocycles. The van der Waals surface area contributed by atoms with Crippen molar-refractivity contribution >= 4 is 29.4 Å². The normalized spacial score (nSPS) is 10.0. The number of phenols is 1. The van der Waals surface area contributed by atoms with E-state index in [0.29, 0.717) is 0 Å². The van der Waals surface area contributed by atoms with Crippen LogP contribution in [0.15, 0.2) is 42.5 Å². The molecular weight excluding hydrogens is 355 g/mol. The van der Waals surface area contributed by atoms with Crippen LogP contribution in [0, 0.1) is 5.82 Å². The van der Waals surface area contributed by atoms with Gasteiger partial charge in [0.15, 0.2) is 6.61 Å². The van der Waals surface area contributed by atoms with Gasteiger partial charge in [0.2, 0.25) is 0 Å². The van der Waals surface area contributed by atoms with Crippen molar-refractivity contribution in [1.82, 2.24) is 10.9 Å². The highest BCUT2D eigenvalue weighted by Crippen LogP contribution is 2.22. The summed E-state index contributed by atoms with van der Waals surface area (Å²) in [5.41, 5.74) is 3.53. The summed E-state index contributed by atoms with van der Waals surface area (Å²) < 4.78 is 18.1. The molecule has 0 saturated carbocycles. The van der Waals surface area contributed by atoms with E-state index in [1.54, 1.807) is 0 Å². The summed E-state index contributed by atoms with van der Waals surface area (Å²) in [6, 6.07) is 8.95. The van der Waals surface area contributed by atoms with Gasteiger partial charge in [-0.15, -0.1) is 0 Å². The number of hydrogen-bond acceptors (Lipinski definition) is 5. The van der Waals surface area contributed by atoms with Crippen molar-refractivity contribution in [2.45, 2.75) is 0 Å². The lowest BCUT2D eigenvalue weighted by Crippen LogP contribution is -2.43. The maximum Gasteiger partial charge on any atom is 0.342 e. The smallest absolute Gasteiger partial charge is 0.342 e. The lowest BCUT2D eigenvalue weighted by Gasteiger charge is -2.09. The van der Waals surface area contributed by atoms with Crippen molar-refractivity contribution in [3.05, 3.63) is 64.4 Å². The first-order valence-electron chi connectivity index (χ1n) is 6.88. The van der Waals surface area contributed by atoms with Gasteiger partial charge < -0.3 is 9.84 Å². The Morgan fingerprint density at radius 3 is 2.48 bits per heavy atom. The van der Waals surface area contributed by atoms with E-state index in [9.17, 15) is 23.9 Å². The van der Waals surface area contributed by atoms with Gasteiger partial charge in [-0.25, -0.2) is 9.18 Å². The third kappa shape index (κ3) is 4.92. The van der Waals surface area contributed by atoms with Gasteiger partial charge in [-0.1, -0.05) is 23.7 Å². The Kier molecular flexibility index (Phi) is 5.91. The first-order chi connectivity index (χ1) is 11.9. The number of ether oxygens (including phenoxy) is 1. The predicted octanol–water partition coefficient (Wildman–Crippen LogP) is 1.80. The Bertz CT molecular complexity index is 828. The van der Waals surface area contributed by atoms with Crippen molar-refractivity contribution < 1.29 is 28.6 Å². The minimum Gasteiger partial charge on any atom is -0.507 e. The summed E-state index contributed by atoms with van der Waals surface area (Å²) in [6.45, 7) is -0.724. The number of halogens is 2. The second-order valence-electron chi connectivity index (χ2n) is 4.72. The number of carbonyl (C=O) groups is 3. The summed E-state index contributed by atoms with van der Waals surface area (Å²) in [5, 5.41) is 9.80. The van der Waals surface area contributed by atoms with Crippen molar-refractivity contribution in [3.8, 4) is 5.75 Å². The molecule has 0 aromatic heterocycles. The van der Waals surface area contributed by atoms with Crippen LogP contribution >= 0.6 is 11.6 Å². The van der Waals surface area contributed by atoms with E-state index in [2.05, 4.69) is 0 Å². The Morgan fingerprint density at radius 2 is 1.80 bits per heavy atom. The van der Waals surface area contributed by atoms with Gasteiger partial charge in [0, 0.05) is 5.02 Å². The summed E-state index contributed by atoms with van der Waals surface area (Å²) >= 11 is 5.64. The van der Waals surface area contributed by atoms with Crippen molar-refractivity contribution in [1.29, 1.82) is 0 Å². The third-order valence-corrected chi connectivity index (χ3v) is 3.18. The number of phenolic OH excluding ortho intramolecular Hbond substituents is 1. The number of carbonyl (C=O) groups excluding carboxylic acids is 3. The average Bonchev–Trinajstić information content (AvgIpc) is 2.58. The molecule has 2 rings (SSSR count). The van der Waals surface area contributed by atoms with Gasteiger partial charge in [-0.3, -0.25) is 20.4 Å². The van der Waals surface area contributed by atoms with Crippen molar-refractivity contribution in [2.24, 2.45) is 0 Å². The van der Waals surface area contributed by atoms with Crippen LogP contribution in [0.5, 0.6) is 5.75 Å². The highest BCUT2D eigenvalue weighted by atomic mass is 35.5. The molecule has 25 heavy (non-hydrogen) atoms. The fraction of sp³-hybridized carbons (Fsp3) is 0.0625. The molecule has 0 aliphatic rings. The molecular formula is C16H12ClFN2O5. The summed E-state index contributed by atoms with van der Waals surface area (Å²) in [5.74, 6) is -3.82. The van der Waals surface area contributed by atoms with Crippen LogP contribution in [-0.4, -0.2) is 29.5 Å². The monoisotopic (exact) mass is 366 g/mol. The molecule has 3 N–H and O–H groups in total. The molecule has 7 nitrogen and oxygen atoms in total. The van der Waals surface area contributed by atoms with E-state index >= 15 is 0 Å². The molecule has 0 fully saturated rings. The molecule has 0 radical (unpaired) electrons. The molecule has 2 aromatic rings. The van der Waals surface area contributed by atoms with Gasteiger partial charge in [-0.2, -0.15) is 0 Å². The third-order valence-electron chi connectivity index (χ3n) is 2.95. The highest BCUT2D eigenvalue weighted by Gasteiger charge is 2.16. The van der Waals surface area contributed by atoms with E-state index < -0.39 is 36.0 Å². The van der Waals surface area contributed by atoms with Crippen LogP contribution in [0.2, 0.25) is 5.02 Å². The number of hydrogen-bond donors (Lipinski definition) is 3. The zero-order valence-corrected chi connectivity index (χ0v) is 13.3. The van der Waals surface area contributed by atoms with Gasteiger partial charge in [0.1, 0.15) is 17.1 Å². The highest BCUT2D eigenvalue weighted by molar-refractivity contribution is 6.30. The van der Waals surface area contributed by atoms with Crippen LogP contribution in [0.4, 0.5) is 4.39 Å². The van der Waals surface area contributed by atoms with Gasteiger partial charge >= 0.3 is 5.97 Å². The SMILES string of the molecule is O=C(COC(=O)c1ccc(Cl)cc1O)NNC(=O)c1ccccc1F. The van der Waals surface area contributed by atoms with E-state index in [-0.39, 0.29) is 16.1 Å². The Balaban J connectivity index is 1.83. The first kappa shape index (κ1) is 18.2. The number of nitrogens with one attached hydrogen (secondary N) is 2. The van der Waals surface area contributed by atoms with Gasteiger partial charge in [0.05, 0.1) is 5.56 Å². The van der Waals surface area contributed by atoms with E-state index in [1.165, 1.54) is 30.3 Å². The van der Waals surface area contributed by atoms with E-state index in [4.69, 9.17) is 16.3 Å².